The van der Waals surface area contributed by atoms with Gasteiger partial charge in [0.05, 0.1) is 16.9 Å². The van der Waals surface area contributed by atoms with Crippen LogP contribution in [0.3, 0.4) is 0 Å². The zero-order valence-electron chi connectivity index (χ0n) is 21.5. The molecule has 0 fully saturated rings. The summed E-state index contributed by atoms with van der Waals surface area (Å²) in [5, 5.41) is 21.1. The minimum atomic E-state index is -4.27. The molecule has 13 heteroatoms. The Morgan fingerprint density at radius 1 is 1.11 bits per heavy atom. The Morgan fingerprint density at radius 3 is 2.26 bits per heavy atom. The van der Waals surface area contributed by atoms with Gasteiger partial charge < -0.3 is 29.6 Å². The summed E-state index contributed by atoms with van der Waals surface area (Å²) < 4.78 is 43.5. The zero-order chi connectivity index (χ0) is 28.7. The number of carbonyl (C=O) groups excluding carboxylic acids is 1. The number of aryl methyl sites for hydroxylation is 1. The third-order valence-electron chi connectivity index (χ3n) is 5.28. The molecule has 0 aliphatic carbocycles. The molecule has 0 saturated carbocycles. The van der Waals surface area contributed by atoms with Crippen LogP contribution in [0.25, 0.3) is 0 Å². The first-order chi connectivity index (χ1) is 17.5. The van der Waals surface area contributed by atoms with Crippen LogP contribution in [-0.2, 0) is 37.4 Å². The maximum atomic E-state index is 11.8. The molecule has 0 radical (unpaired) electrons. The summed E-state index contributed by atoms with van der Waals surface area (Å²) >= 11 is 0. The lowest BCUT2D eigenvalue weighted by molar-refractivity contribution is -0.680. The molecule has 1 amide bonds. The second kappa shape index (κ2) is 12.7. The molecule has 2 heterocycles. The van der Waals surface area contributed by atoms with Gasteiger partial charge in [0, 0.05) is 5.56 Å². The van der Waals surface area contributed by atoms with Crippen molar-refractivity contribution in [3.63, 3.8) is 0 Å². The van der Waals surface area contributed by atoms with Crippen LogP contribution < -0.4 is 14.6 Å². The number of ether oxygens (including phenoxy) is 2. The van der Waals surface area contributed by atoms with E-state index in [-0.39, 0.29) is 17.7 Å². The van der Waals surface area contributed by atoms with Gasteiger partial charge in [-0.1, -0.05) is 17.7 Å². The highest BCUT2D eigenvalue weighted by Crippen LogP contribution is 2.18. The van der Waals surface area contributed by atoms with Crippen LogP contribution in [0.2, 0.25) is 0 Å². The number of hydrogen-bond donors (Lipinski definition) is 3. The minimum absolute atomic E-state index is 0.134. The summed E-state index contributed by atoms with van der Waals surface area (Å²) in [6.45, 7) is 8.01. The fourth-order valence-electron chi connectivity index (χ4n) is 3.47. The van der Waals surface area contributed by atoms with Crippen molar-refractivity contribution in [3.05, 3.63) is 53.7 Å². The average molecular weight is 553 g/mol. The van der Waals surface area contributed by atoms with Gasteiger partial charge in [0.25, 0.3) is 0 Å². The Balaban J connectivity index is 0.000000384. The van der Waals surface area contributed by atoms with Crippen molar-refractivity contribution >= 4 is 28.1 Å². The number of alkyl carbamates (subject to hydrolysis) is 1. The lowest BCUT2D eigenvalue weighted by Gasteiger charge is -2.23. The number of nitrogens with one attached hydrogen (secondary N) is 1. The van der Waals surface area contributed by atoms with Gasteiger partial charge in [-0.2, -0.15) is 4.57 Å². The van der Waals surface area contributed by atoms with Crippen LogP contribution in [-0.4, -0.2) is 59.5 Å². The third-order valence-corrected chi connectivity index (χ3v) is 6.13. The van der Waals surface area contributed by atoms with Crippen molar-refractivity contribution in [1.29, 1.82) is 0 Å². The van der Waals surface area contributed by atoms with Crippen molar-refractivity contribution in [1.82, 2.24) is 5.32 Å². The topological polar surface area (TPSA) is 183 Å². The van der Waals surface area contributed by atoms with Gasteiger partial charge in [-0.15, -0.1) is 0 Å². The Kier molecular flexibility index (Phi) is 10.2. The molecular formula is C25H32N2O10S. The SMILES string of the molecule is CC(C)(C)OC(=O)N[C@@H](C[C@H](Cc1ccc2[n+](c1)CCO2)C(=O)O)C(=O)O.Cc1ccc(S(=O)(=O)[O-])cc1. The largest absolute Gasteiger partial charge is 0.744 e. The second-order valence-electron chi connectivity index (χ2n) is 9.70. The number of hydrogen-bond acceptors (Lipinski definition) is 8. The summed E-state index contributed by atoms with van der Waals surface area (Å²) in [6, 6.07) is 7.93. The summed E-state index contributed by atoms with van der Waals surface area (Å²) in [6.07, 6.45) is 0.775. The quantitative estimate of drug-likeness (QED) is 0.323. The van der Waals surface area contributed by atoms with Gasteiger partial charge in [0.2, 0.25) is 0 Å². The smallest absolute Gasteiger partial charge is 0.408 e. The van der Waals surface area contributed by atoms with Crippen molar-refractivity contribution in [3.8, 4) is 5.88 Å². The van der Waals surface area contributed by atoms with Crippen molar-refractivity contribution in [2.45, 2.75) is 63.6 Å². The fraction of sp³-hybridized carbons (Fsp3) is 0.440. The molecule has 1 aromatic heterocycles. The summed E-state index contributed by atoms with van der Waals surface area (Å²) in [7, 11) is -4.27. The van der Waals surface area contributed by atoms with Crippen LogP contribution >= 0.6 is 0 Å². The molecule has 0 saturated heterocycles. The van der Waals surface area contributed by atoms with Crippen molar-refractivity contribution in [2.75, 3.05) is 6.61 Å². The van der Waals surface area contributed by atoms with E-state index in [2.05, 4.69) is 5.32 Å². The van der Waals surface area contributed by atoms with Crippen LogP contribution in [0.4, 0.5) is 4.79 Å². The van der Waals surface area contributed by atoms with Gasteiger partial charge in [-0.05, 0) is 58.7 Å². The first-order valence-corrected chi connectivity index (χ1v) is 13.1. The van der Waals surface area contributed by atoms with Crippen LogP contribution in [0.5, 0.6) is 5.88 Å². The van der Waals surface area contributed by atoms with Gasteiger partial charge in [-0.3, -0.25) is 4.79 Å². The van der Waals surface area contributed by atoms with Crippen molar-refractivity contribution < 1.29 is 51.6 Å². The first-order valence-electron chi connectivity index (χ1n) is 11.7. The summed E-state index contributed by atoms with van der Waals surface area (Å²) in [5.74, 6) is -2.72. The lowest BCUT2D eigenvalue weighted by atomic mass is 9.93. The predicted octanol–water partition coefficient (Wildman–Crippen LogP) is 1.88. The highest BCUT2D eigenvalue weighted by molar-refractivity contribution is 7.85. The number of pyridine rings is 1. The highest BCUT2D eigenvalue weighted by Gasteiger charge is 2.31. The predicted molar refractivity (Wildman–Crippen MR) is 132 cm³/mol. The van der Waals surface area contributed by atoms with E-state index in [1.165, 1.54) is 12.1 Å². The molecule has 3 rings (SSSR count). The number of carboxylic acid groups (broad SMARTS) is 2. The molecule has 38 heavy (non-hydrogen) atoms. The van der Waals surface area contributed by atoms with Gasteiger partial charge in [0.1, 0.15) is 21.8 Å². The fourth-order valence-corrected chi connectivity index (χ4v) is 3.94. The Hall–Kier alpha value is -3.71. The van der Waals surface area contributed by atoms with Crippen LogP contribution in [0.1, 0.15) is 38.3 Å². The Labute approximate surface area is 221 Å². The van der Waals surface area contributed by atoms with E-state index < -0.39 is 45.7 Å². The third kappa shape index (κ3) is 9.98. The number of carbonyl (C=O) groups is 3. The zero-order valence-corrected chi connectivity index (χ0v) is 22.4. The van der Waals surface area contributed by atoms with E-state index in [4.69, 9.17) is 9.47 Å². The number of benzene rings is 1. The van der Waals surface area contributed by atoms with E-state index in [1.807, 2.05) is 11.5 Å². The molecule has 1 aliphatic rings. The van der Waals surface area contributed by atoms with E-state index in [0.717, 1.165) is 11.1 Å². The van der Waals surface area contributed by atoms with E-state index in [0.29, 0.717) is 19.0 Å². The maximum Gasteiger partial charge on any atom is 0.408 e. The summed E-state index contributed by atoms with van der Waals surface area (Å²) in [4.78, 5) is 34.8. The maximum absolute atomic E-state index is 11.8. The molecule has 1 aromatic carbocycles. The molecule has 208 valence electrons. The number of amides is 1. The Morgan fingerprint density at radius 2 is 1.74 bits per heavy atom. The average Bonchev–Trinajstić information content (AvgIpc) is 3.24. The number of fused-ring (bicyclic) bond motifs is 1. The minimum Gasteiger partial charge on any atom is -0.744 e. The van der Waals surface area contributed by atoms with Gasteiger partial charge >= 0.3 is 23.9 Å². The van der Waals surface area contributed by atoms with Crippen LogP contribution in [0, 0.1) is 12.8 Å². The molecule has 0 spiro atoms. The van der Waals surface area contributed by atoms with E-state index in [9.17, 15) is 37.6 Å². The molecular weight excluding hydrogens is 520 g/mol. The van der Waals surface area contributed by atoms with E-state index >= 15 is 0 Å². The molecule has 3 N–H and O–H groups in total. The Bertz CT molecular complexity index is 1250. The number of nitrogens with zero attached hydrogens (tertiary/aromatic N) is 1. The molecule has 0 unspecified atom stereocenters. The molecule has 0 bridgehead atoms. The number of aliphatic carboxylic acids is 2. The van der Waals surface area contributed by atoms with Gasteiger partial charge in [0.15, 0.2) is 19.3 Å². The number of aromatic nitrogens is 1. The van der Waals surface area contributed by atoms with E-state index in [1.54, 1.807) is 51.2 Å². The lowest BCUT2D eigenvalue weighted by Crippen LogP contribution is -2.45. The number of rotatable bonds is 8. The number of carboxylic acids is 2. The molecule has 12 nitrogen and oxygen atoms in total. The molecule has 2 aromatic rings. The van der Waals surface area contributed by atoms with Crippen LogP contribution in [0.15, 0.2) is 47.5 Å². The standard InChI is InChI=1S/C18H24N2O7.C7H8O3S/c1-18(2,3)27-17(25)19-13(16(23)24)9-12(15(21)22)8-11-4-5-14-20(10-11)6-7-26-14;1-6-2-4-7(5-3-6)11(8,9)10/h4-5,10,12-13H,6-9H2,1-3H3,(H2-,19,21,22,23,24,25);2-5H,1H3,(H,8,9,10)/t12-,13-;/m0./s1. The normalized spacial score (nSPS) is 14.1. The first kappa shape index (κ1) is 30.5. The highest BCUT2D eigenvalue weighted by atomic mass is 32.2. The molecule has 1 aliphatic heterocycles. The second-order valence-corrected chi connectivity index (χ2v) is 11.1. The summed E-state index contributed by atoms with van der Waals surface area (Å²) in [5.41, 5.74) is 0.888. The molecule has 2 atom stereocenters. The monoisotopic (exact) mass is 552 g/mol. The van der Waals surface area contributed by atoms with Crippen molar-refractivity contribution in [2.24, 2.45) is 5.92 Å². The van der Waals surface area contributed by atoms with Gasteiger partial charge in [-0.25, -0.2) is 18.0 Å².